The second kappa shape index (κ2) is 7.20. The van der Waals surface area contributed by atoms with E-state index in [9.17, 15) is 4.39 Å². The molecule has 0 aliphatic carbocycles. The third kappa shape index (κ3) is 3.67. The van der Waals surface area contributed by atoms with Crippen molar-refractivity contribution in [1.82, 2.24) is 15.1 Å². The smallest absolute Gasteiger partial charge is 0.131 e. The third-order valence-electron chi connectivity index (χ3n) is 3.19. The highest BCUT2D eigenvalue weighted by Crippen LogP contribution is 2.23. The fourth-order valence-corrected chi connectivity index (χ4v) is 2.17. The summed E-state index contributed by atoms with van der Waals surface area (Å²) in [6.45, 7) is 6.73. The van der Waals surface area contributed by atoms with Gasteiger partial charge in [0, 0.05) is 30.4 Å². The summed E-state index contributed by atoms with van der Waals surface area (Å²) in [7, 11) is 0. The van der Waals surface area contributed by atoms with Gasteiger partial charge in [-0.2, -0.15) is 5.10 Å². The van der Waals surface area contributed by atoms with E-state index in [1.54, 1.807) is 12.3 Å². The number of aromatic nitrogens is 2. The van der Waals surface area contributed by atoms with E-state index in [0.717, 1.165) is 37.1 Å². The number of nitrogens with zero attached hydrogens (tertiary/aromatic N) is 2. The molecular weight excluding hydrogens is 253 g/mol. The number of benzene rings is 1. The lowest BCUT2D eigenvalue weighted by Gasteiger charge is -2.06. The Labute approximate surface area is 119 Å². The van der Waals surface area contributed by atoms with E-state index in [0.29, 0.717) is 12.1 Å². The van der Waals surface area contributed by atoms with Gasteiger partial charge < -0.3 is 5.32 Å². The molecule has 20 heavy (non-hydrogen) atoms. The first-order valence-corrected chi connectivity index (χ1v) is 7.26. The molecule has 2 aromatic rings. The molecule has 0 radical (unpaired) electrons. The van der Waals surface area contributed by atoms with Crippen molar-refractivity contribution in [3.8, 4) is 11.1 Å². The highest BCUT2D eigenvalue weighted by molar-refractivity contribution is 5.62. The Balaban J connectivity index is 2.11. The molecule has 1 N–H and O–H groups in total. The van der Waals surface area contributed by atoms with Gasteiger partial charge in [0.15, 0.2) is 0 Å². The molecule has 0 aliphatic heterocycles. The van der Waals surface area contributed by atoms with Crippen molar-refractivity contribution >= 4 is 0 Å². The van der Waals surface area contributed by atoms with Crippen LogP contribution in [0.15, 0.2) is 30.6 Å². The number of hydrogen-bond donors (Lipinski definition) is 1. The Morgan fingerprint density at radius 1 is 1.25 bits per heavy atom. The number of halogens is 1. The average Bonchev–Trinajstić information content (AvgIpc) is 2.88. The first-order valence-electron chi connectivity index (χ1n) is 7.26. The molecule has 0 spiro atoms. The van der Waals surface area contributed by atoms with E-state index in [1.165, 1.54) is 0 Å². The normalized spacial score (nSPS) is 10.9. The van der Waals surface area contributed by atoms with Crippen LogP contribution in [-0.4, -0.2) is 16.3 Å². The maximum absolute atomic E-state index is 14.2. The maximum Gasteiger partial charge on any atom is 0.131 e. The van der Waals surface area contributed by atoms with Crippen LogP contribution in [0.25, 0.3) is 11.1 Å². The van der Waals surface area contributed by atoms with Gasteiger partial charge in [0.05, 0.1) is 6.20 Å². The Morgan fingerprint density at radius 2 is 2.10 bits per heavy atom. The minimum atomic E-state index is -0.183. The lowest BCUT2D eigenvalue weighted by atomic mass is 10.1. The van der Waals surface area contributed by atoms with Crippen LogP contribution in [0.5, 0.6) is 0 Å². The quantitative estimate of drug-likeness (QED) is 0.782. The van der Waals surface area contributed by atoms with E-state index in [1.807, 2.05) is 23.0 Å². The van der Waals surface area contributed by atoms with Crippen LogP contribution in [0.4, 0.5) is 4.39 Å². The zero-order valence-electron chi connectivity index (χ0n) is 12.2. The van der Waals surface area contributed by atoms with Crippen molar-refractivity contribution in [2.24, 2.45) is 0 Å². The van der Waals surface area contributed by atoms with Crippen LogP contribution in [0.3, 0.4) is 0 Å². The summed E-state index contributed by atoms with van der Waals surface area (Å²) in [5.74, 6) is -0.183. The molecule has 0 saturated heterocycles. The fourth-order valence-electron chi connectivity index (χ4n) is 2.17. The van der Waals surface area contributed by atoms with Crippen molar-refractivity contribution in [2.75, 3.05) is 6.54 Å². The summed E-state index contributed by atoms with van der Waals surface area (Å²) in [5.41, 5.74) is 2.43. The molecule has 1 aromatic heterocycles. The fraction of sp³-hybridized carbons (Fsp3) is 0.438. The van der Waals surface area contributed by atoms with Crippen molar-refractivity contribution in [1.29, 1.82) is 0 Å². The molecule has 3 nitrogen and oxygen atoms in total. The molecule has 0 atom stereocenters. The molecule has 0 saturated carbocycles. The molecule has 0 amide bonds. The van der Waals surface area contributed by atoms with E-state index >= 15 is 0 Å². The second-order valence-electron chi connectivity index (χ2n) is 4.98. The summed E-state index contributed by atoms with van der Waals surface area (Å²) in [6.07, 6.45) is 5.73. The number of aryl methyl sites for hydroxylation is 1. The Morgan fingerprint density at radius 3 is 2.80 bits per heavy atom. The Kier molecular flexibility index (Phi) is 5.30. The number of rotatable bonds is 7. The van der Waals surface area contributed by atoms with Gasteiger partial charge >= 0.3 is 0 Å². The van der Waals surface area contributed by atoms with Crippen molar-refractivity contribution in [3.05, 3.63) is 42.0 Å². The van der Waals surface area contributed by atoms with Gasteiger partial charge in [-0.3, -0.25) is 4.68 Å². The molecule has 2 rings (SSSR count). The maximum atomic E-state index is 14.2. The molecule has 1 aromatic carbocycles. The van der Waals surface area contributed by atoms with Crippen molar-refractivity contribution < 1.29 is 4.39 Å². The molecular formula is C16H22FN3. The van der Waals surface area contributed by atoms with Crippen molar-refractivity contribution in [2.45, 2.75) is 39.8 Å². The average molecular weight is 275 g/mol. The van der Waals surface area contributed by atoms with Crippen LogP contribution in [0, 0.1) is 5.82 Å². The standard InChI is InChI=1S/C16H22FN3/c1-3-7-18-10-13-5-6-15(16(17)9-13)14-11-19-20(12-14)8-4-2/h5-6,9,11-12,18H,3-4,7-8,10H2,1-2H3. The second-order valence-corrected chi connectivity index (χ2v) is 4.98. The summed E-state index contributed by atoms with van der Waals surface area (Å²) >= 11 is 0. The number of nitrogens with one attached hydrogen (secondary N) is 1. The molecule has 1 heterocycles. The Hall–Kier alpha value is -1.68. The third-order valence-corrected chi connectivity index (χ3v) is 3.19. The zero-order chi connectivity index (χ0) is 14.4. The molecule has 4 heteroatoms. The molecule has 0 bridgehead atoms. The van der Waals surface area contributed by atoms with Crippen LogP contribution in [-0.2, 0) is 13.1 Å². The summed E-state index contributed by atoms with van der Waals surface area (Å²) in [6, 6.07) is 5.42. The van der Waals surface area contributed by atoms with Crippen molar-refractivity contribution in [3.63, 3.8) is 0 Å². The van der Waals surface area contributed by atoms with Gasteiger partial charge in [0.1, 0.15) is 5.82 Å². The van der Waals surface area contributed by atoms with E-state index in [-0.39, 0.29) is 5.82 Å². The Bertz CT molecular complexity index is 548. The summed E-state index contributed by atoms with van der Waals surface area (Å²) in [4.78, 5) is 0. The van der Waals surface area contributed by atoms with E-state index in [4.69, 9.17) is 0 Å². The van der Waals surface area contributed by atoms with Crippen LogP contribution >= 0.6 is 0 Å². The van der Waals surface area contributed by atoms with E-state index < -0.39 is 0 Å². The highest BCUT2D eigenvalue weighted by atomic mass is 19.1. The summed E-state index contributed by atoms with van der Waals surface area (Å²) < 4.78 is 16.0. The highest BCUT2D eigenvalue weighted by Gasteiger charge is 2.08. The van der Waals surface area contributed by atoms with Gasteiger partial charge in [-0.15, -0.1) is 0 Å². The van der Waals surface area contributed by atoms with Crippen LogP contribution in [0.1, 0.15) is 32.3 Å². The van der Waals surface area contributed by atoms with Gasteiger partial charge in [0.2, 0.25) is 0 Å². The predicted octanol–water partition coefficient (Wildman–Crippen LogP) is 3.60. The molecule has 0 fully saturated rings. The summed E-state index contributed by atoms with van der Waals surface area (Å²) in [5, 5.41) is 7.52. The van der Waals surface area contributed by atoms with Gasteiger partial charge in [-0.05, 0) is 31.0 Å². The number of hydrogen-bond acceptors (Lipinski definition) is 2. The molecule has 108 valence electrons. The van der Waals surface area contributed by atoms with Gasteiger partial charge in [-0.25, -0.2) is 4.39 Å². The predicted molar refractivity (Wildman–Crippen MR) is 79.9 cm³/mol. The molecule has 0 aliphatic rings. The monoisotopic (exact) mass is 275 g/mol. The first kappa shape index (κ1) is 14.7. The van der Waals surface area contributed by atoms with Crippen LogP contribution < -0.4 is 5.32 Å². The minimum absolute atomic E-state index is 0.183. The first-order chi connectivity index (χ1) is 9.74. The topological polar surface area (TPSA) is 29.9 Å². The largest absolute Gasteiger partial charge is 0.313 e. The van der Waals surface area contributed by atoms with Crippen LogP contribution in [0.2, 0.25) is 0 Å². The lowest BCUT2D eigenvalue weighted by Crippen LogP contribution is -2.13. The minimum Gasteiger partial charge on any atom is -0.313 e. The lowest BCUT2D eigenvalue weighted by molar-refractivity contribution is 0.602. The van der Waals surface area contributed by atoms with E-state index in [2.05, 4.69) is 24.3 Å². The zero-order valence-corrected chi connectivity index (χ0v) is 12.2. The SMILES string of the molecule is CCCNCc1ccc(-c2cnn(CCC)c2)c(F)c1. The van der Waals surface area contributed by atoms with Gasteiger partial charge in [-0.1, -0.05) is 26.0 Å². The molecule has 0 unspecified atom stereocenters. The van der Waals surface area contributed by atoms with Gasteiger partial charge in [0.25, 0.3) is 0 Å².